The first-order valence-corrected chi connectivity index (χ1v) is 5.98. The maximum Gasteiger partial charge on any atom is 0.123 e. The molecule has 0 spiro atoms. The Hall–Kier alpha value is -1.09. The van der Waals surface area contributed by atoms with Gasteiger partial charge in [0.1, 0.15) is 11.6 Å². The highest BCUT2D eigenvalue weighted by molar-refractivity contribution is 5.33. The summed E-state index contributed by atoms with van der Waals surface area (Å²) in [4.78, 5) is 0. The fourth-order valence-corrected chi connectivity index (χ4v) is 1.48. The standard InChI is InChI=1S/C14H22FNO/c1-14(2,3)7-8-17-13-6-5-12(15)9-11(13)10-16-4/h5-6,9,16H,7-8,10H2,1-4H3. The Labute approximate surface area is 103 Å². The fraction of sp³-hybridized carbons (Fsp3) is 0.571. The molecule has 0 aliphatic carbocycles. The summed E-state index contributed by atoms with van der Waals surface area (Å²) in [6, 6.07) is 4.65. The van der Waals surface area contributed by atoms with Crippen LogP contribution in [0.4, 0.5) is 4.39 Å². The van der Waals surface area contributed by atoms with E-state index in [1.54, 1.807) is 6.07 Å². The SMILES string of the molecule is CNCc1cc(F)ccc1OCCC(C)(C)C. The van der Waals surface area contributed by atoms with Gasteiger partial charge in [-0.1, -0.05) is 20.8 Å². The van der Waals surface area contributed by atoms with Gasteiger partial charge in [0.15, 0.2) is 0 Å². The van der Waals surface area contributed by atoms with Crippen LogP contribution in [0.1, 0.15) is 32.8 Å². The molecule has 0 aliphatic heterocycles. The van der Waals surface area contributed by atoms with Crippen LogP contribution < -0.4 is 10.1 Å². The molecule has 0 unspecified atom stereocenters. The average molecular weight is 239 g/mol. The Kier molecular flexibility index (Phi) is 4.94. The number of hydrogen-bond donors (Lipinski definition) is 1. The molecule has 0 saturated heterocycles. The van der Waals surface area contributed by atoms with E-state index in [0.717, 1.165) is 17.7 Å². The van der Waals surface area contributed by atoms with Gasteiger partial charge in [-0.15, -0.1) is 0 Å². The van der Waals surface area contributed by atoms with Crippen molar-refractivity contribution in [2.75, 3.05) is 13.7 Å². The summed E-state index contributed by atoms with van der Waals surface area (Å²) in [6.45, 7) is 7.80. The highest BCUT2D eigenvalue weighted by Crippen LogP contribution is 2.22. The smallest absolute Gasteiger partial charge is 0.123 e. The zero-order valence-corrected chi connectivity index (χ0v) is 11.1. The third-order valence-electron chi connectivity index (χ3n) is 2.50. The molecular weight excluding hydrogens is 217 g/mol. The highest BCUT2D eigenvalue weighted by atomic mass is 19.1. The topological polar surface area (TPSA) is 21.3 Å². The minimum atomic E-state index is -0.224. The number of benzene rings is 1. The Morgan fingerprint density at radius 1 is 1.29 bits per heavy atom. The largest absolute Gasteiger partial charge is 0.493 e. The van der Waals surface area contributed by atoms with E-state index >= 15 is 0 Å². The van der Waals surface area contributed by atoms with Crippen LogP contribution in [0.25, 0.3) is 0 Å². The summed E-state index contributed by atoms with van der Waals surface area (Å²) in [6.07, 6.45) is 0.976. The number of halogens is 1. The lowest BCUT2D eigenvalue weighted by atomic mass is 9.93. The van der Waals surface area contributed by atoms with Crippen LogP contribution in [-0.4, -0.2) is 13.7 Å². The minimum absolute atomic E-state index is 0.224. The number of hydrogen-bond acceptors (Lipinski definition) is 2. The third-order valence-corrected chi connectivity index (χ3v) is 2.50. The van der Waals surface area contributed by atoms with Gasteiger partial charge in [0, 0.05) is 12.1 Å². The predicted molar refractivity (Wildman–Crippen MR) is 68.7 cm³/mol. The Bertz CT molecular complexity index is 358. The van der Waals surface area contributed by atoms with Crippen molar-refractivity contribution in [3.05, 3.63) is 29.6 Å². The van der Waals surface area contributed by atoms with Crippen molar-refractivity contribution < 1.29 is 9.13 Å². The summed E-state index contributed by atoms with van der Waals surface area (Å²) >= 11 is 0. The van der Waals surface area contributed by atoms with Crippen LogP contribution in [0.5, 0.6) is 5.75 Å². The zero-order valence-electron chi connectivity index (χ0n) is 11.1. The first-order chi connectivity index (χ1) is 7.92. The Morgan fingerprint density at radius 3 is 2.59 bits per heavy atom. The molecule has 0 aliphatic rings. The Morgan fingerprint density at radius 2 is 2.00 bits per heavy atom. The van der Waals surface area contributed by atoms with Crippen LogP contribution in [-0.2, 0) is 6.54 Å². The second-order valence-corrected chi connectivity index (χ2v) is 5.44. The molecule has 96 valence electrons. The van der Waals surface area contributed by atoms with Gasteiger partial charge < -0.3 is 10.1 Å². The van der Waals surface area contributed by atoms with E-state index in [1.807, 2.05) is 7.05 Å². The molecule has 0 fully saturated rings. The summed E-state index contributed by atoms with van der Waals surface area (Å²) in [5.74, 6) is 0.545. The molecule has 0 radical (unpaired) electrons. The van der Waals surface area contributed by atoms with Crippen molar-refractivity contribution >= 4 is 0 Å². The molecule has 3 heteroatoms. The molecule has 0 aromatic heterocycles. The summed E-state index contributed by atoms with van der Waals surface area (Å²) in [7, 11) is 1.84. The van der Waals surface area contributed by atoms with Gasteiger partial charge in [0.05, 0.1) is 6.61 Å². The normalized spacial score (nSPS) is 11.6. The lowest BCUT2D eigenvalue weighted by Crippen LogP contribution is -2.13. The third kappa shape index (κ3) is 5.18. The monoisotopic (exact) mass is 239 g/mol. The van der Waals surface area contributed by atoms with Gasteiger partial charge in [-0.3, -0.25) is 0 Å². The first-order valence-electron chi connectivity index (χ1n) is 5.98. The van der Waals surface area contributed by atoms with E-state index in [4.69, 9.17) is 4.74 Å². The maximum absolute atomic E-state index is 13.1. The van der Waals surface area contributed by atoms with Crippen molar-refractivity contribution in [2.24, 2.45) is 5.41 Å². The molecule has 1 N–H and O–H groups in total. The quantitative estimate of drug-likeness (QED) is 0.850. The van der Waals surface area contributed by atoms with Crippen LogP contribution >= 0.6 is 0 Å². The number of ether oxygens (including phenoxy) is 1. The molecule has 0 atom stereocenters. The van der Waals surface area contributed by atoms with Crippen molar-refractivity contribution in [3.63, 3.8) is 0 Å². The van der Waals surface area contributed by atoms with E-state index < -0.39 is 0 Å². The molecule has 1 aromatic carbocycles. The molecule has 17 heavy (non-hydrogen) atoms. The molecular formula is C14H22FNO. The maximum atomic E-state index is 13.1. The molecule has 0 saturated carbocycles. The van der Waals surface area contributed by atoms with Gasteiger partial charge in [0.25, 0.3) is 0 Å². The van der Waals surface area contributed by atoms with Crippen LogP contribution in [0, 0.1) is 11.2 Å². The van der Waals surface area contributed by atoms with E-state index in [2.05, 4.69) is 26.1 Å². The molecule has 2 nitrogen and oxygen atoms in total. The zero-order chi connectivity index (χ0) is 12.9. The van der Waals surface area contributed by atoms with Gasteiger partial charge in [-0.05, 0) is 37.1 Å². The highest BCUT2D eigenvalue weighted by Gasteiger charge is 2.11. The second-order valence-electron chi connectivity index (χ2n) is 5.44. The van der Waals surface area contributed by atoms with E-state index in [0.29, 0.717) is 13.2 Å². The number of nitrogens with one attached hydrogen (secondary N) is 1. The van der Waals surface area contributed by atoms with Crippen molar-refractivity contribution in [1.82, 2.24) is 5.32 Å². The summed E-state index contributed by atoms with van der Waals surface area (Å²) < 4.78 is 18.8. The predicted octanol–water partition coefficient (Wildman–Crippen LogP) is 3.36. The molecule has 0 amide bonds. The second kappa shape index (κ2) is 6.01. The fourth-order valence-electron chi connectivity index (χ4n) is 1.48. The van der Waals surface area contributed by atoms with Gasteiger partial charge in [0.2, 0.25) is 0 Å². The Balaban J connectivity index is 2.63. The van der Waals surface area contributed by atoms with Gasteiger partial charge in [-0.2, -0.15) is 0 Å². The lowest BCUT2D eigenvalue weighted by Gasteiger charge is -2.19. The lowest BCUT2D eigenvalue weighted by molar-refractivity contribution is 0.241. The molecule has 1 aromatic rings. The first kappa shape index (κ1) is 14.0. The van der Waals surface area contributed by atoms with Crippen molar-refractivity contribution in [2.45, 2.75) is 33.7 Å². The van der Waals surface area contributed by atoms with Crippen molar-refractivity contribution in [1.29, 1.82) is 0 Å². The average Bonchev–Trinajstić information content (AvgIpc) is 2.20. The van der Waals surface area contributed by atoms with Crippen LogP contribution in [0.2, 0.25) is 0 Å². The molecule has 0 bridgehead atoms. The molecule has 1 rings (SSSR count). The van der Waals surface area contributed by atoms with Crippen molar-refractivity contribution in [3.8, 4) is 5.75 Å². The van der Waals surface area contributed by atoms with Gasteiger partial charge >= 0.3 is 0 Å². The number of rotatable bonds is 5. The summed E-state index contributed by atoms with van der Waals surface area (Å²) in [5.41, 5.74) is 1.12. The van der Waals surface area contributed by atoms with E-state index in [9.17, 15) is 4.39 Å². The van der Waals surface area contributed by atoms with Crippen LogP contribution in [0.3, 0.4) is 0 Å². The summed E-state index contributed by atoms with van der Waals surface area (Å²) in [5, 5.41) is 3.01. The minimum Gasteiger partial charge on any atom is -0.493 e. The van der Waals surface area contributed by atoms with E-state index in [-0.39, 0.29) is 11.2 Å². The van der Waals surface area contributed by atoms with Gasteiger partial charge in [-0.25, -0.2) is 4.39 Å². The molecule has 0 heterocycles. The van der Waals surface area contributed by atoms with Crippen LogP contribution in [0.15, 0.2) is 18.2 Å². The van der Waals surface area contributed by atoms with E-state index in [1.165, 1.54) is 12.1 Å².